The molecule has 1 N–H and O–H groups in total. The van der Waals surface area contributed by atoms with Gasteiger partial charge in [0.1, 0.15) is 11.3 Å². The van der Waals surface area contributed by atoms with E-state index in [4.69, 9.17) is 11.6 Å². The van der Waals surface area contributed by atoms with Crippen LogP contribution >= 0.6 is 11.6 Å². The predicted octanol–water partition coefficient (Wildman–Crippen LogP) is 5.21. The van der Waals surface area contributed by atoms with Gasteiger partial charge in [-0.2, -0.15) is 0 Å². The Balaban J connectivity index is 1.99. The third-order valence-electron chi connectivity index (χ3n) is 5.10. The summed E-state index contributed by atoms with van der Waals surface area (Å²) < 4.78 is 1.36. The van der Waals surface area contributed by atoms with Crippen molar-refractivity contribution in [3.63, 3.8) is 0 Å². The quantitative estimate of drug-likeness (QED) is 0.199. The second kappa shape index (κ2) is 8.65. The molecule has 4 aromatic rings. The molecule has 6 heteroatoms. The molecule has 0 bridgehead atoms. The summed E-state index contributed by atoms with van der Waals surface area (Å²) in [6.45, 7) is 1.24. The Kier molecular flexibility index (Phi) is 5.75. The first-order valence-corrected chi connectivity index (χ1v) is 10.2. The number of nitrogens with zero attached hydrogens (tertiary/aromatic N) is 1. The molecule has 3 aromatic carbocycles. The highest BCUT2D eigenvalue weighted by Crippen LogP contribution is 2.30. The van der Waals surface area contributed by atoms with Crippen molar-refractivity contribution in [1.29, 1.82) is 0 Å². The molecule has 158 valence electrons. The van der Waals surface area contributed by atoms with Gasteiger partial charge in [-0.05, 0) is 55.0 Å². The summed E-state index contributed by atoms with van der Waals surface area (Å²) in [4.78, 5) is 39.3. The average Bonchev–Trinajstić information content (AvgIpc) is 2.79. The van der Waals surface area contributed by atoms with Gasteiger partial charge in [0.15, 0.2) is 5.78 Å². The summed E-state index contributed by atoms with van der Waals surface area (Å²) >= 11 is 5.91. The van der Waals surface area contributed by atoms with Gasteiger partial charge >= 0.3 is 0 Å². The Labute approximate surface area is 188 Å². The number of halogens is 1. The molecule has 0 spiro atoms. The number of pyridine rings is 1. The third-order valence-corrected chi connectivity index (χ3v) is 5.35. The highest BCUT2D eigenvalue weighted by Gasteiger charge is 2.27. The topological polar surface area (TPSA) is 76.4 Å². The molecule has 0 unspecified atom stereocenters. The lowest BCUT2D eigenvalue weighted by Gasteiger charge is -2.15. The molecule has 1 heterocycles. The van der Waals surface area contributed by atoms with Crippen LogP contribution < -0.4 is 5.56 Å². The molecule has 0 aliphatic rings. The maximum Gasteiger partial charge on any atom is 0.270 e. The number of aromatic nitrogens is 1. The van der Waals surface area contributed by atoms with E-state index in [0.717, 1.165) is 0 Å². The van der Waals surface area contributed by atoms with Gasteiger partial charge in [-0.3, -0.25) is 19.0 Å². The average molecular weight is 444 g/mol. The summed E-state index contributed by atoms with van der Waals surface area (Å²) in [6, 6.07) is 22.1. The van der Waals surface area contributed by atoms with Crippen molar-refractivity contribution in [3.05, 3.63) is 111 Å². The van der Waals surface area contributed by atoms with Gasteiger partial charge in [0.05, 0.1) is 11.1 Å². The number of carbonyl (C=O) groups is 2. The van der Waals surface area contributed by atoms with Crippen molar-refractivity contribution in [3.8, 4) is 11.4 Å². The van der Waals surface area contributed by atoms with E-state index in [2.05, 4.69) is 0 Å². The number of rotatable bonds is 5. The van der Waals surface area contributed by atoms with Crippen molar-refractivity contribution in [2.75, 3.05) is 0 Å². The second-order valence-electron chi connectivity index (χ2n) is 7.21. The number of hydrogen-bond donors (Lipinski definition) is 1. The zero-order valence-corrected chi connectivity index (χ0v) is 17.8. The maximum absolute atomic E-state index is 13.5. The number of benzene rings is 3. The molecule has 0 saturated heterocycles. The molecule has 0 saturated carbocycles. The number of hydrogen-bond acceptors (Lipinski definition) is 4. The van der Waals surface area contributed by atoms with Crippen LogP contribution in [0.25, 0.3) is 22.7 Å². The minimum Gasteiger partial charge on any atom is -0.506 e. The fourth-order valence-electron chi connectivity index (χ4n) is 3.55. The number of aromatic hydroxyl groups is 1. The molecule has 0 aliphatic heterocycles. The molecule has 4 rings (SSSR count). The second-order valence-corrected chi connectivity index (χ2v) is 7.65. The van der Waals surface area contributed by atoms with E-state index in [0.29, 0.717) is 27.2 Å². The van der Waals surface area contributed by atoms with E-state index >= 15 is 0 Å². The van der Waals surface area contributed by atoms with Crippen LogP contribution in [0.4, 0.5) is 0 Å². The van der Waals surface area contributed by atoms with Crippen molar-refractivity contribution in [1.82, 2.24) is 4.57 Å². The predicted molar refractivity (Wildman–Crippen MR) is 126 cm³/mol. The molecule has 5 nitrogen and oxygen atoms in total. The number of ketones is 2. The van der Waals surface area contributed by atoms with Gasteiger partial charge in [0.2, 0.25) is 5.78 Å². The van der Waals surface area contributed by atoms with Gasteiger partial charge < -0.3 is 5.11 Å². The Morgan fingerprint density at radius 2 is 1.53 bits per heavy atom. The molecule has 0 fully saturated rings. The standard InChI is InChI=1S/C26H18ClNO4/c1-16(29)21(15-17-11-13-18(27)14-12-17)25(31)23-24(30)20-9-5-6-10-22(20)28(26(23)32)19-7-3-2-4-8-19/h2-15,30H,1H3. The van der Waals surface area contributed by atoms with E-state index in [1.165, 1.54) is 17.6 Å². The fraction of sp³-hybridized carbons (Fsp3) is 0.0385. The van der Waals surface area contributed by atoms with Crippen LogP contribution in [0.3, 0.4) is 0 Å². The fourth-order valence-corrected chi connectivity index (χ4v) is 3.68. The number of fused-ring (bicyclic) bond motifs is 1. The SMILES string of the molecule is CC(=O)C(=Cc1ccc(Cl)cc1)C(=O)c1c(O)c2ccccc2n(-c2ccccc2)c1=O. The van der Waals surface area contributed by atoms with Gasteiger partial charge in [0.25, 0.3) is 5.56 Å². The minimum absolute atomic E-state index is 0.213. The summed E-state index contributed by atoms with van der Waals surface area (Å²) in [5, 5.41) is 11.8. The summed E-state index contributed by atoms with van der Waals surface area (Å²) in [5.74, 6) is -1.82. The molecule has 0 atom stereocenters. The van der Waals surface area contributed by atoms with Gasteiger partial charge in [-0.25, -0.2) is 0 Å². The van der Waals surface area contributed by atoms with Crippen LogP contribution in [0.2, 0.25) is 5.02 Å². The lowest BCUT2D eigenvalue weighted by molar-refractivity contribution is -0.113. The van der Waals surface area contributed by atoms with Crippen LogP contribution in [-0.2, 0) is 4.79 Å². The van der Waals surface area contributed by atoms with Crippen LogP contribution in [-0.4, -0.2) is 21.2 Å². The van der Waals surface area contributed by atoms with E-state index in [1.807, 2.05) is 6.07 Å². The van der Waals surface area contributed by atoms with Crippen molar-refractivity contribution >= 4 is 40.1 Å². The van der Waals surface area contributed by atoms with Crippen molar-refractivity contribution in [2.24, 2.45) is 0 Å². The number of carbonyl (C=O) groups excluding carboxylic acids is 2. The monoisotopic (exact) mass is 443 g/mol. The lowest BCUT2D eigenvalue weighted by atomic mass is 9.96. The third kappa shape index (κ3) is 3.86. The molecular weight excluding hydrogens is 426 g/mol. The highest BCUT2D eigenvalue weighted by atomic mass is 35.5. The van der Waals surface area contributed by atoms with Crippen LogP contribution in [0.1, 0.15) is 22.8 Å². The minimum atomic E-state index is -0.842. The Bertz CT molecular complexity index is 1430. The first-order chi connectivity index (χ1) is 15.4. The van der Waals surface area contributed by atoms with Crippen molar-refractivity contribution in [2.45, 2.75) is 6.92 Å². The molecule has 0 aliphatic carbocycles. The zero-order chi connectivity index (χ0) is 22.8. The largest absolute Gasteiger partial charge is 0.506 e. The van der Waals surface area contributed by atoms with Crippen LogP contribution in [0.5, 0.6) is 5.75 Å². The molecule has 1 aromatic heterocycles. The maximum atomic E-state index is 13.5. The van der Waals surface area contributed by atoms with Gasteiger partial charge in [-0.15, -0.1) is 0 Å². The number of Topliss-reactive ketones (excluding diaryl/α,β-unsaturated/α-hetero) is 2. The van der Waals surface area contributed by atoms with E-state index in [-0.39, 0.29) is 5.57 Å². The molecule has 32 heavy (non-hydrogen) atoms. The van der Waals surface area contributed by atoms with E-state index in [1.54, 1.807) is 72.8 Å². The lowest BCUT2D eigenvalue weighted by Crippen LogP contribution is -2.27. The van der Waals surface area contributed by atoms with Gasteiger partial charge in [0, 0.05) is 16.1 Å². The highest BCUT2D eigenvalue weighted by molar-refractivity contribution is 6.31. The van der Waals surface area contributed by atoms with Crippen molar-refractivity contribution < 1.29 is 14.7 Å². The first kappa shape index (κ1) is 21.3. The smallest absolute Gasteiger partial charge is 0.270 e. The Morgan fingerprint density at radius 3 is 2.19 bits per heavy atom. The first-order valence-electron chi connectivity index (χ1n) is 9.83. The molecular formula is C26H18ClNO4. The summed E-state index contributed by atoms with van der Waals surface area (Å²) in [5.41, 5.74) is 0.174. The Hall–Kier alpha value is -3.96. The summed E-state index contributed by atoms with van der Waals surface area (Å²) in [7, 11) is 0. The van der Waals surface area contributed by atoms with Crippen LogP contribution in [0, 0.1) is 0 Å². The summed E-state index contributed by atoms with van der Waals surface area (Å²) in [6.07, 6.45) is 1.39. The molecule has 0 amide bonds. The number of para-hydroxylation sites is 2. The van der Waals surface area contributed by atoms with E-state index < -0.39 is 28.4 Å². The Morgan fingerprint density at radius 1 is 0.906 bits per heavy atom. The van der Waals surface area contributed by atoms with Gasteiger partial charge in [-0.1, -0.05) is 54.1 Å². The number of allylic oxidation sites excluding steroid dienone is 1. The van der Waals surface area contributed by atoms with E-state index in [9.17, 15) is 19.5 Å². The normalized spacial score (nSPS) is 11.5. The van der Waals surface area contributed by atoms with Crippen LogP contribution in [0.15, 0.2) is 89.2 Å². The molecule has 0 radical (unpaired) electrons. The zero-order valence-electron chi connectivity index (χ0n) is 17.1.